The highest BCUT2D eigenvalue weighted by Crippen LogP contribution is 2.24. The maximum Gasteiger partial charge on any atom is 0.150 e. The van der Waals surface area contributed by atoms with Crippen LogP contribution < -0.4 is 0 Å². The first-order chi connectivity index (χ1) is 8.26. The zero-order valence-electron chi connectivity index (χ0n) is 9.60. The molecule has 0 fully saturated rings. The highest BCUT2D eigenvalue weighted by atomic mass is 16.1. The molecule has 0 aliphatic carbocycles. The Kier molecular flexibility index (Phi) is 2.19. The number of benzene rings is 3. The van der Waals surface area contributed by atoms with Crippen LogP contribution in [-0.4, -0.2) is 6.29 Å². The van der Waals surface area contributed by atoms with Gasteiger partial charge in [-0.2, -0.15) is 0 Å². The number of carbonyl (C=O) groups excluding carboxylic acids is 1. The quantitative estimate of drug-likeness (QED) is 0.445. The summed E-state index contributed by atoms with van der Waals surface area (Å²) in [6.07, 6.45) is 0.888. The second-order valence-corrected chi connectivity index (χ2v) is 4.43. The summed E-state index contributed by atoms with van der Waals surface area (Å²) in [5.74, 6) is 0. The van der Waals surface area contributed by atoms with Crippen LogP contribution in [0.15, 0.2) is 48.5 Å². The normalized spacial score (nSPS) is 10.9. The molecule has 3 aromatic rings. The molecule has 0 saturated heterocycles. The van der Waals surface area contributed by atoms with Crippen LogP contribution in [-0.2, 0) is 0 Å². The van der Waals surface area contributed by atoms with Crippen molar-refractivity contribution in [3.8, 4) is 0 Å². The van der Waals surface area contributed by atoms with Crippen molar-refractivity contribution in [1.82, 2.24) is 0 Å². The molecule has 0 atom stereocenters. The third-order valence-electron chi connectivity index (χ3n) is 3.11. The fourth-order valence-corrected chi connectivity index (χ4v) is 2.21. The number of aryl methyl sites for hydroxylation is 1. The topological polar surface area (TPSA) is 17.1 Å². The molecule has 0 amide bonds. The molecule has 0 bridgehead atoms. The molecule has 0 spiro atoms. The fourth-order valence-electron chi connectivity index (χ4n) is 2.21. The fraction of sp³-hybridized carbons (Fsp3) is 0.0625. The van der Waals surface area contributed by atoms with Crippen molar-refractivity contribution in [1.29, 1.82) is 0 Å². The van der Waals surface area contributed by atoms with Gasteiger partial charge in [-0.15, -0.1) is 0 Å². The van der Waals surface area contributed by atoms with E-state index in [1.807, 2.05) is 18.2 Å². The van der Waals surface area contributed by atoms with Crippen molar-refractivity contribution >= 4 is 27.8 Å². The molecule has 0 unspecified atom stereocenters. The first-order valence-electron chi connectivity index (χ1n) is 5.66. The molecule has 3 rings (SSSR count). The van der Waals surface area contributed by atoms with Gasteiger partial charge in [-0.3, -0.25) is 4.79 Å². The van der Waals surface area contributed by atoms with E-state index in [9.17, 15) is 4.79 Å². The van der Waals surface area contributed by atoms with Crippen LogP contribution in [0.1, 0.15) is 15.9 Å². The van der Waals surface area contributed by atoms with Gasteiger partial charge >= 0.3 is 0 Å². The lowest BCUT2D eigenvalue weighted by atomic mass is 10.0. The van der Waals surface area contributed by atoms with Gasteiger partial charge in [0.05, 0.1) is 0 Å². The summed E-state index contributed by atoms with van der Waals surface area (Å²) in [5, 5.41) is 4.75. The largest absolute Gasteiger partial charge is 0.298 e. The number of aldehydes is 1. The number of hydrogen-bond acceptors (Lipinski definition) is 1. The Morgan fingerprint density at radius 1 is 0.765 bits per heavy atom. The van der Waals surface area contributed by atoms with Gasteiger partial charge in [-0.05, 0) is 46.7 Å². The molecule has 1 nitrogen and oxygen atoms in total. The Hall–Kier alpha value is -2.15. The van der Waals surface area contributed by atoms with Gasteiger partial charge in [-0.25, -0.2) is 0 Å². The second kappa shape index (κ2) is 3.70. The lowest BCUT2D eigenvalue weighted by molar-refractivity contribution is 0.112. The molecule has 0 saturated carbocycles. The van der Waals surface area contributed by atoms with Crippen molar-refractivity contribution in [2.45, 2.75) is 6.92 Å². The lowest BCUT2D eigenvalue weighted by Crippen LogP contribution is -1.82. The van der Waals surface area contributed by atoms with Crippen LogP contribution in [0, 0.1) is 6.92 Å². The average molecular weight is 220 g/mol. The van der Waals surface area contributed by atoms with Crippen LogP contribution in [0.2, 0.25) is 0 Å². The summed E-state index contributed by atoms with van der Waals surface area (Å²) in [4.78, 5) is 10.8. The van der Waals surface area contributed by atoms with E-state index in [1.54, 1.807) is 0 Å². The molecule has 0 heterocycles. The summed E-state index contributed by atoms with van der Waals surface area (Å²) in [5.41, 5.74) is 1.99. The molecule has 0 radical (unpaired) electrons. The third-order valence-corrected chi connectivity index (χ3v) is 3.11. The maximum absolute atomic E-state index is 10.8. The summed E-state index contributed by atoms with van der Waals surface area (Å²) in [6, 6.07) is 16.5. The Bertz CT molecular complexity index is 726. The molecule has 0 N–H and O–H groups in total. The van der Waals surface area contributed by atoms with Crippen molar-refractivity contribution in [2.75, 3.05) is 0 Å². The van der Waals surface area contributed by atoms with Gasteiger partial charge in [0.25, 0.3) is 0 Å². The predicted octanol–water partition coefficient (Wildman–Crippen LogP) is 4.11. The molecular formula is C16H12O. The summed E-state index contributed by atoms with van der Waals surface area (Å²) < 4.78 is 0. The highest BCUT2D eigenvalue weighted by molar-refractivity contribution is 6.00. The zero-order valence-corrected chi connectivity index (χ0v) is 9.60. The van der Waals surface area contributed by atoms with Crippen molar-refractivity contribution in [3.63, 3.8) is 0 Å². The first kappa shape index (κ1) is 10.0. The standard InChI is InChI=1S/C16H12O/c1-11-2-4-13-9-16-7-12(10-17)3-5-14(16)8-15(13)6-11/h2-10H,1H3. The summed E-state index contributed by atoms with van der Waals surface area (Å²) in [7, 11) is 0. The van der Waals surface area contributed by atoms with Crippen molar-refractivity contribution in [3.05, 3.63) is 59.7 Å². The molecule has 17 heavy (non-hydrogen) atoms. The van der Waals surface area contributed by atoms with E-state index in [4.69, 9.17) is 0 Å². The number of fused-ring (bicyclic) bond motifs is 2. The third kappa shape index (κ3) is 1.70. The summed E-state index contributed by atoms with van der Waals surface area (Å²) >= 11 is 0. The van der Waals surface area contributed by atoms with Crippen molar-refractivity contribution in [2.24, 2.45) is 0 Å². The van der Waals surface area contributed by atoms with Gasteiger partial charge in [0.2, 0.25) is 0 Å². The van der Waals surface area contributed by atoms with E-state index in [0.717, 1.165) is 17.2 Å². The Morgan fingerprint density at radius 2 is 1.41 bits per heavy atom. The van der Waals surface area contributed by atoms with Crippen LogP contribution in [0.4, 0.5) is 0 Å². The molecule has 0 aromatic heterocycles. The van der Waals surface area contributed by atoms with Gasteiger partial charge in [0.1, 0.15) is 6.29 Å². The van der Waals surface area contributed by atoms with Gasteiger partial charge in [0, 0.05) is 5.56 Å². The predicted molar refractivity (Wildman–Crippen MR) is 71.6 cm³/mol. The lowest BCUT2D eigenvalue weighted by Gasteiger charge is -2.04. The minimum absolute atomic E-state index is 0.726. The summed E-state index contributed by atoms with van der Waals surface area (Å²) in [6.45, 7) is 2.10. The number of hydrogen-bond donors (Lipinski definition) is 0. The van der Waals surface area contributed by atoms with Gasteiger partial charge in [-0.1, -0.05) is 35.9 Å². The zero-order chi connectivity index (χ0) is 11.8. The highest BCUT2D eigenvalue weighted by Gasteiger charge is 1.99. The first-order valence-corrected chi connectivity index (χ1v) is 5.66. The molecular weight excluding hydrogens is 208 g/mol. The monoisotopic (exact) mass is 220 g/mol. The van der Waals surface area contributed by atoms with E-state index in [0.29, 0.717) is 0 Å². The second-order valence-electron chi connectivity index (χ2n) is 4.43. The molecule has 1 heteroatoms. The van der Waals surface area contributed by atoms with Crippen molar-refractivity contribution < 1.29 is 4.79 Å². The molecule has 0 aliphatic heterocycles. The van der Waals surface area contributed by atoms with Crippen LogP contribution in [0.3, 0.4) is 0 Å². The molecule has 3 aromatic carbocycles. The van der Waals surface area contributed by atoms with Crippen LogP contribution in [0.5, 0.6) is 0 Å². The average Bonchev–Trinajstić information content (AvgIpc) is 2.35. The SMILES string of the molecule is Cc1ccc2cc3cc(C=O)ccc3cc2c1. The molecule has 82 valence electrons. The van der Waals surface area contributed by atoms with E-state index < -0.39 is 0 Å². The van der Waals surface area contributed by atoms with E-state index in [2.05, 4.69) is 37.3 Å². The minimum Gasteiger partial charge on any atom is -0.298 e. The number of carbonyl (C=O) groups is 1. The van der Waals surface area contributed by atoms with E-state index >= 15 is 0 Å². The molecule has 0 aliphatic rings. The van der Waals surface area contributed by atoms with E-state index in [1.165, 1.54) is 21.7 Å². The van der Waals surface area contributed by atoms with Crippen LogP contribution >= 0.6 is 0 Å². The Labute approximate surface area is 99.7 Å². The Morgan fingerprint density at radius 3 is 2.12 bits per heavy atom. The number of rotatable bonds is 1. The maximum atomic E-state index is 10.8. The smallest absolute Gasteiger partial charge is 0.150 e. The minimum atomic E-state index is 0.726. The van der Waals surface area contributed by atoms with E-state index in [-0.39, 0.29) is 0 Å². The van der Waals surface area contributed by atoms with Gasteiger partial charge < -0.3 is 0 Å². The van der Waals surface area contributed by atoms with Crippen LogP contribution in [0.25, 0.3) is 21.5 Å². The Balaban J connectivity index is 2.39. The van der Waals surface area contributed by atoms with Gasteiger partial charge in [0.15, 0.2) is 0 Å².